The van der Waals surface area contributed by atoms with E-state index >= 15 is 0 Å². The SMILES string of the molecule is COc1cccc(NC(=O)C2CCCc3sc(NC(=O)c4ccc(Cl)cc4)nc32)c1. The molecule has 0 bridgehead atoms. The van der Waals surface area contributed by atoms with E-state index in [1.807, 2.05) is 18.2 Å². The Labute approximate surface area is 183 Å². The van der Waals surface area contributed by atoms with Crippen LogP contribution in [0.1, 0.15) is 39.7 Å². The normalized spacial score (nSPS) is 15.2. The smallest absolute Gasteiger partial charge is 0.257 e. The first-order valence-corrected chi connectivity index (χ1v) is 10.7. The molecule has 2 aromatic carbocycles. The third-order valence-electron chi connectivity index (χ3n) is 4.93. The first kappa shape index (κ1) is 20.4. The first-order valence-electron chi connectivity index (χ1n) is 9.55. The summed E-state index contributed by atoms with van der Waals surface area (Å²) in [7, 11) is 1.59. The summed E-state index contributed by atoms with van der Waals surface area (Å²) in [6, 6.07) is 13.9. The molecule has 3 aromatic rings. The fourth-order valence-corrected chi connectivity index (χ4v) is 4.61. The van der Waals surface area contributed by atoms with Gasteiger partial charge in [-0.2, -0.15) is 0 Å². The first-order chi connectivity index (χ1) is 14.5. The number of halogens is 1. The summed E-state index contributed by atoms with van der Waals surface area (Å²) >= 11 is 7.30. The highest BCUT2D eigenvalue weighted by Gasteiger charge is 2.30. The van der Waals surface area contributed by atoms with Gasteiger partial charge < -0.3 is 10.1 Å². The van der Waals surface area contributed by atoms with Gasteiger partial charge in [0.2, 0.25) is 5.91 Å². The number of benzene rings is 2. The molecule has 2 N–H and O–H groups in total. The molecule has 30 heavy (non-hydrogen) atoms. The molecule has 0 saturated heterocycles. The molecule has 8 heteroatoms. The van der Waals surface area contributed by atoms with Crippen LogP contribution in [0.5, 0.6) is 5.75 Å². The van der Waals surface area contributed by atoms with Gasteiger partial charge in [-0.1, -0.05) is 17.7 Å². The van der Waals surface area contributed by atoms with Crippen molar-refractivity contribution in [3.63, 3.8) is 0 Å². The molecule has 1 aliphatic rings. The predicted octanol–water partition coefficient (Wildman–Crippen LogP) is 5.12. The van der Waals surface area contributed by atoms with Gasteiger partial charge in [-0.3, -0.25) is 14.9 Å². The second-order valence-corrected chi connectivity index (χ2v) is 8.47. The van der Waals surface area contributed by atoms with E-state index < -0.39 is 0 Å². The van der Waals surface area contributed by atoms with Crippen LogP contribution in [-0.2, 0) is 11.2 Å². The van der Waals surface area contributed by atoms with Crippen LogP contribution in [0.2, 0.25) is 5.02 Å². The average molecular weight is 442 g/mol. The maximum atomic E-state index is 12.9. The summed E-state index contributed by atoms with van der Waals surface area (Å²) in [5, 5.41) is 6.86. The fourth-order valence-electron chi connectivity index (χ4n) is 3.43. The number of methoxy groups -OCH3 is 1. The molecule has 0 saturated carbocycles. The Balaban J connectivity index is 1.50. The molecular formula is C22H20ClN3O3S. The van der Waals surface area contributed by atoms with Gasteiger partial charge in [0.25, 0.3) is 5.91 Å². The van der Waals surface area contributed by atoms with Crippen molar-refractivity contribution >= 4 is 45.6 Å². The van der Waals surface area contributed by atoms with Crippen LogP contribution in [0.4, 0.5) is 10.8 Å². The quantitative estimate of drug-likeness (QED) is 0.576. The molecule has 1 heterocycles. The number of thiazole rings is 1. The largest absolute Gasteiger partial charge is 0.497 e. The van der Waals surface area contributed by atoms with Crippen molar-refractivity contribution in [3.05, 3.63) is 69.7 Å². The molecule has 0 spiro atoms. The van der Waals surface area contributed by atoms with E-state index in [9.17, 15) is 9.59 Å². The van der Waals surface area contributed by atoms with Gasteiger partial charge in [0, 0.05) is 27.2 Å². The Morgan fingerprint density at radius 2 is 1.97 bits per heavy atom. The van der Waals surface area contributed by atoms with Crippen LogP contribution in [-0.4, -0.2) is 23.9 Å². The van der Waals surface area contributed by atoms with Gasteiger partial charge in [-0.25, -0.2) is 4.98 Å². The van der Waals surface area contributed by atoms with E-state index in [4.69, 9.17) is 16.3 Å². The fraction of sp³-hybridized carbons (Fsp3) is 0.227. The number of carbonyl (C=O) groups is 2. The van der Waals surface area contributed by atoms with Crippen LogP contribution in [0.25, 0.3) is 0 Å². The van der Waals surface area contributed by atoms with Gasteiger partial charge in [-0.05, 0) is 55.7 Å². The third kappa shape index (κ3) is 4.47. The van der Waals surface area contributed by atoms with E-state index in [1.54, 1.807) is 37.4 Å². The molecule has 0 aliphatic heterocycles. The van der Waals surface area contributed by atoms with Crippen molar-refractivity contribution in [1.82, 2.24) is 4.98 Å². The van der Waals surface area contributed by atoms with Gasteiger partial charge >= 0.3 is 0 Å². The van der Waals surface area contributed by atoms with Crippen molar-refractivity contribution in [1.29, 1.82) is 0 Å². The van der Waals surface area contributed by atoms with Crippen molar-refractivity contribution < 1.29 is 14.3 Å². The molecule has 2 amide bonds. The minimum absolute atomic E-state index is 0.106. The average Bonchev–Trinajstić information content (AvgIpc) is 3.16. The van der Waals surface area contributed by atoms with Crippen LogP contribution in [0, 0.1) is 0 Å². The number of nitrogens with zero attached hydrogens (tertiary/aromatic N) is 1. The van der Waals surface area contributed by atoms with Crippen molar-refractivity contribution in [2.24, 2.45) is 0 Å². The summed E-state index contributed by atoms with van der Waals surface area (Å²) < 4.78 is 5.21. The predicted molar refractivity (Wildman–Crippen MR) is 119 cm³/mol. The zero-order valence-electron chi connectivity index (χ0n) is 16.3. The highest BCUT2D eigenvalue weighted by Crippen LogP contribution is 2.37. The summed E-state index contributed by atoms with van der Waals surface area (Å²) in [6.45, 7) is 0. The minimum Gasteiger partial charge on any atom is -0.497 e. The summed E-state index contributed by atoms with van der Waals surface area (Å²) in [5.41, 5.74) is 1.93. The number of anilines is 2. The van der Waals surface area contributed by atoms with E-state index in [0.29, 0.717) is 27.2 Å². The standard InChI is InChI=1S/C22H20ClN3O3S/c1-29-16-5-2-4-15(12-16)24-21(28)17-6-3-7-18-19(17)25-22(30-18)26-20(27)13-8-10-14(23)11-9-13/h2,4-5,8-12,17H,3,6-7H2,1H3,(H,24,28)(H,25,26,27). The topological polar surface area (TPSA) is 80.3 Å². The number of nitrogens with one attached hydrogen (secondary N) is 2. The number of hydrogen-bond acceptors (Lipinski definition) is 5. The monoisotopic (exact) mass is 441 g/mol. The maximum absolute atomic E-state index is 12.9. The lowest BCUT2D eigenvalue weighted by Gasteiger charge is -2.20. The molecule has 0 radical (unpaired) electrons. The lowest BCUT2D eigenvalue weighted by molar-refractivity contribution is -0.117. The Kier molecular flexibility index (Phi) is 6.01. The second-order valence-electron chi connectivity index (χ2n) is 6.95. The third-order valence-corrected chi connectivity index (χ3v) is 6.23. The van der Waals surface area contributed by atoms with E-state index in [2.05, 4.69) is 15.6 Å². The van der Waals surface area contributed by atoms with E-state index in [-0.39, 0.29) is 17.7 Å². The number of carbonyl (C=O) groups excluding carboxylic acids is 2. The maximum Gasteiger partial charge on any atom is 0.257 e. The van der Waals surface area contributed by atoms with Crippen LogP contribution < -0.4 is 15.4 Å². The Hall–Kier alpha value is -2.90. The van der Waals surface area contributed by atoms with Crippen molar-refractivity contribution in [2.45, 2.75) is 25.2 Å². The Bertz CT molecular complexity index is 1080. The second kappa shape index (κ2) is 8.85. The van der Waals surface area contributed by atoms with Gasteiger partial charge in [0.05, 0.1) is 18.7 Å². The lowest BCUT2D eigenvalue weighted by Crippen LogP contribution is -2.24. The number of rotatable bonds is 5. The highest BCUT2D eigenvalue weighted by molar-refractivity contribution is 7.16. The summed E-state index contributed by atoms with van der Waals surface area (Å²) in [4.78, 5) is 31.0. The molecule has 1 aliphatic carbocycles. The van der Waals surface area contributed by atoms with Gasteiger partial charge in [0.15, 0.2) is 5.13 Å². The van der Waals surface area contributed by atoms with Crippen LogP contribution in [0.15, 0.2) is 48.5 Å². The van der Waals surface area contributed by atoms with Gasteiger partial charge in [0.1, 0.15) is 5.75 Å². The Morgan fingerprint density at radius 3 is 2.73 bits per heavy atom. The number of amides is 2. The number of fused-ring (bicyclic) bond motifs is 1. The van der Waals surface area contributed by atoms with Crippen LogP contribution >= 0.6 is 22.9 Å². The van der Waals surface area contributed by atoms with E-state index in [0.717, 1.165) is 29.8 Å². The van der Waals surface area contributed by atoms with E-state index in [1.165, 1.54) is 11.3 Å². The van der Waals surface area contributed by atoms with Gasteiger partial charge in [-0.15, -0.1) is 11.3 Å². The molecule has 154 valence electrons. The van der Waals surface area contributed by atoms with Crippen molar-refractivity contribution in [2.75, 3.05) is 17.7 Å². The number of aryl methyl sites for hydroxylation is 1. The zero-order chi connectivity index (χ0) is 21.1. The summed E-state index contributed by atoms with van der Waals surface area (Å²) in [6.07, 6.45) is 2.47. The molecule has 6 nitrogen and oxygen atoms in total. The van der Waals surface area contributed by atoms with Crippen LogP contribution in [0.3, 0.4) is 0 Å². The molecule has 1 atom stereocenters. The number of ether oxygens (including phenoxy) is 1. The Morgan fingerprint density at radius 1 is 1.17 bits per heavy atom. The zero-order valence-corrected chi connectivity index (χ0v) is 17.8. The van der Waals surface area contributed by atoms with Crippen molar-refractivity contribution in [3.8, 4) is 5.75 Å². The number of hydrogen-bond donors (Lipinski definition) is 2. The lowest BCUT2D eigenvalue weighted by atomic mass is 9.90. The molecule has 4 rings (SSSR count). The molecule has 1 unspecified atom stereocenters. The summed E-state index contributed by atoms with van der Waals surface area (Å²) in [5.74, 6) is -0.0319. The highest BCUT2D eigenvalue weighted by atomic mass is 35.5. The number of aromatic nitrogens is 1. The minimum atomic E-state index is -0.350. The molecular weight excluding hydrogens is 422 g/mol. The molecule has 0 fully saturated rings. The molecule has 1 aromatic heterocycles.